The lowest BCUT2D eigenvalue weighted by Gasteiger charge is -2.12. The Morgan fingerprint density at radius 3 is 2.77 bits per heavy atom. The molecule has 0 radical (unpaired) electrons. The monoisotopic (exact) mass is 347 g/mol. The summed E-state index contributed by atoms with van der Waals surface area (Å²) in [4.78, 5) is 16.7. The summed E-state index contributed by atoms with van der Waals surface area (Å²) in [5.74, 6) is 0.526. The lowest BCUT2D eigenvalue weighted by Crippen LogP contribution is -2.14. The summed E-state index contributed by atoms with van der Waals surface area (Å²) in [7, 11) is 0. The highest BCUT2D eigenvalue weighted by molar-refractivity contribution is 6.08. The summed E-state index contributed by atoms with van der Waals surface area (Å²) < 4.78 is 5.78. The number of aromatic nitrogens is 1. The normalized spacial score (nSPS) is 10.2. The van der Waals surface area contributed by atoms with Crippen LogP contribution in [0.2, 0.25) is 0 Å². The Kier molecular flexibility index (Phi) is 5.83. The third kappa shape index (κ3) is 4.60. The van der Waals surface area contributed by atoms with E-state index in [1.54, 1.807) is 18.5 Å². The van der Waals surface area contributed by atoms with Gasteiger partial charge in [0, 0.05) is 41.9 Å². The molecule has 5 heteroatoms. The molecule has 132 valence electrons. The van der Waals surface area contributed by atoms with E-state index < -0.39 is 0 Å². The zero-order valence-corrected chi connectivity index (χ0v) is 14.6. The van der Waals surface area contributed by atoms with Crippen LogP contribution in [-0.2, 0) is 6.61 Å². The minimum Gasteiger partial charge on any atom is -0.489 e. The van der Waals surface area contributed by atoms with Crippen LogP contribution in [0.1, 0.15) is 22.8 Å². The maximum atomic E-state index is 12.6. The molecule has 1 aromatic heterocycles. The highest BCUT2D eigenvalue weighted by Gasteiger charge is 2.11. The predicted octanol–water partition coefficient (Wildman–Crippen LogP) is 4.34. The maximum Gasteiger partial charge on any atom is 0.257 e. The number of para-hydroxylation sites is 1. The Hall–Kier alpha value is -3.34. The molecule has 2 N–H and O–H groups in total. The largest absolute Gasteiger partial charge is 0.489 e. The quantitative estimate of drug-likeness (QED) is 0.667. The van der Waals surface area contributed by atoms with E-state index in [-0.39, 0.29) is 5.91 Å². The van der Waals surface area contributed by atoms with Crippen molar-refractivity contribution in [3.63, 3.8) is 0 Å². The van der Waals surface area contributed by atoms with Crippen LogP contribution in [0.3, 0.4) is 0 Å². The molecule has 0 atom stereocenters. The number of carbonyl (C=O) groups is 1. The second-order valence-corrected chi connectivity index (χ2v) is 5.71. The van der Waals surface area contributed by atoms with Crippen LogP contribution in [0.15, 0.2) is 73.1 Å². The van der Waals surface area contributed by atoms with Gasteiger partial charge in [-0.2, -0.15) is 0 Å². The van der Waals surface area contributed by atoms with Crippen molar-refractivity contribution in [2.45, 2.75) is 13.5 Å². The fourth-order valence-electron chi connectivity index (χ4n) is 2.54. The highest BCUT2D eigenvalue weighted by Crippen LogP contribution is 2.21. The highest BCUT2D eigenvalue weighted by atomic mass is 16.5. The van der Waals surface area contributed by atoms with Gasteiger partial charge in [0.15, 0.2) is 0 Å². The molecule has 0 aliphatic rings. The van der Waals surface area contributed by atoms with E-state index in [4.69, 9.17) is 4.74 Å². The molecular weight excluding hydrogens is 326 g/mol. The molecule has 0 bridgehead atoms. The Morgan fingerprint density at radius 1 is 1.08 bits per heavy atom. The van der Waals surface area contributed by atoms with Gasteiger partial charge in [-0.25, -0.2) is 0 Å². The smallest absolute Gasteiger partial charge is 0.257 e. The molecule has 5 nitrogen and oxygen atoms in total. The van der Waals surface area contributed by atoms with Crippen molar-refractivity contribution in [1.29, 1.82) is 0 Å². The standard InChI is InChI=1S/C21H21N3O2/c1-2-23-20-11-4-3-10-19(20)21(25)24-17-8-5-9-18(13-17)26-15-16-7-6-12-22-14-16/h3-14,23H,2,15H2,1H3,(H,24,25). The van der Waals surface area contributed by atoms with Crippen molar-refractivity contribution in [2.75, 3.05) is 17.2 Å². The molecule has 1 heterocycles. The molecule has 0 spiro atoms. The Bertz CT molecular complexity index is 866. The van der Waals surface area contributed by atoms with Crippen molar-refractivity contribution in [1.82, 2.24) is 4.98 Å². The van der Waals surface area contributed by atoms with E-state index in [1.807, 2.05) is 61.5 Å². The summed E-state index contributed by atoms with van der Waals surface area (Å²) in [6.45, 7) is 3.17. The van der Waals surface area contributed by atoms with Gasteiger partial charge in [-0.1, -0.05) is 24.3 Å². The summed E-state index contributed by atoms with van der Waals surface area (Å²) in [6.07, 6.45) is 3.49. The van der Waals surface area contributed by atoms with E-state index in [0.717, 1.165) is 17.8 Å². The molecule has 0 aliphatic heterocycles. The van der Waals surface area contributed by atoms with Crippen molar-refractivity contribution in [3.05, 3.63) is 84.2 Å². The summed E-state index contributed by atoms with van der Waals surface area (Å²) in [5.41, 5.74) is 3.10. The number of anilines is 2. The molecule has 0 fully saturated rings. The maximum absolute atomic E-state index is 12.6. The van der Waals surface area contributed by atoms with Gasteiger partial charge in [-0.3, -0.25) is 9.78 Å². The van der Waals surface area contributed by atoms with Crippen LogP contribution in [0.25, 0.3) is 0 Å². The Labute approximate surface area is 153 Å². The van der Waals surface area contributed by atoms with Crippen LogP contribution >= 0.6 is 0 Å². The Morgan fingerprint density at radius 2 is 1.96 bits per heavy atom. The van der Waals surface area contributed by atoms with Gasteiger partial charge >= 0.3 is 0 Å². The van der Waals surface area contributed by atoms with Crippen LogP contribution in [0.4, 0.5) is 11.4 Å². The average molecular weight is 347 g/mol. The number of benzene rings is 2. The summed E-state index contributed by atoms with van der Waals surface area (Å²) in [6, 6.07) is 18.6. The Balaban J connectivity index is 1.68. The number of carbonyl (C=O) groups excluding carboxylic acids is 1. The number of rotatable bonds is 7. The molecule has 0 saturated heterocycles. The van der Waals surface area contributed by atoms with E-state index in [1.165, 1.54) is 0 Å². The zero-order chi connectivity index (χ0) is 18.2. The molecule has 3 aromatic rings. The fraction of sp³-hybridized carbons (Fsp3) is 0.143. The van der Waals surface area contributed by atoms with Crippen LogP contribution in [0.5, 0.6) is 5.75 Å². The lowest BCUT2D eigenvalue weighted by atomic mass is 10.1. The third-order valence-electron chi connectivity index (χ3n) is 3.76. The lowest BCUT2D eigenvalue weighted by molar-refractivity contribution is 0.102. The second kappa shape index (κ2) is 8.67. The van der Waals surface area contributed by atoms with Gasteiger partial charge in [0.25, 0.3) is 5.91 Å². The minimum atomic E-state index is -0.161. The molecular formula is C21H21N3O2. The van der Waals surface area contributed by atoms with Crippen molar-refractivity contribution < 1.29 is 9.53 Å². The van der Waals surface area contributed by atoms with E-state index in [9.17, 15) is 4.79 Å². The summed E-state index contributed by atoms with van der Waals surface area (Å²) in [5, 5.41) is 6.13. The average Bonchev–Trinajstić information content (AvgIpc) is 2.68. The van der Waals surface area contributed by atoms with E-state index >= 15 is 0 Å². The number of pyridine rings is 1. The van der Waals surface area contributed by atoms with Gasteiger partial charge in [-0.15, -0.1) is 0 Å². The number of nitrogens with one attached hydrogen (secondary N) is 2. The van der Waals surface area contributed by atoms with Gasteiger partial charge in [0.2, 0.25) is 0 Å². The number of ether oxygens (including phenoxy) is 1. The third-order valence-corrected chi connectivity index (χ3v) is 3.76. The number of hydrogen-bond acceptors (Lipinski definition) is 4. The first-order valence-electron chi connectivity index (χ1n) is 8.52. The van der Waals surface area contributed by atoms with Crippen LogP contribution in [0, 0.1) is 0 Å². The van der Waals surface area contributed by atoms with Gasteiger partial charge < -0.3 is 15.4 Å². The van der Waals surface area contributed by atoms with Gasteiger partial charge in [0.1, 0.15) is 12.4 Å². The topological polar surface area (TPSA) is 63.2 Å². The van der Waals surface area contributed by atoms with Crippen molar-refractivity contribution in [3.8, 4) is 5.75 Å². The molecule has 26 heavy (non-hydrogen) atoms. The van der Waals surface area contributed by atoms with Gasteiger partial charge in [-0.05, 0) is 37.3 Å². The number of nitrogens with zero attached hydrogens (tertiary/aromatic N) is 1. The first-order valence-corrected chi connectivity index (χ1v) is 8.52. The number of hydrogen-bond donors (Lipinski definition) is 2. The first-order chi connectivity index (χ1) is 12.8. The zero-order valence-electron chi connectivity index (χ0n) is 14.6. The molecule has 0 saturated carbocycles. The SMILES string of the molecule is CCNc1ccccc1C(=O)Nc1cccc(OCc2cccnc2)c1. The molecule has 3 rings (SSSR count). The van der Waals surface area contributed by atoms with Crippen LogP contribution in [-0.4, -0.2) is 17.4 Å². The van der Waals surface area contributed by atoms with E-state index in [2.05, 4.69) is 15.6 Å². The summed E-state index contributed by atoms with van der Waals surface area (Å²) >= 11 is 0. The van der Waals surface area contributed by atoms with Gasteiger partial charge in [0.05, 0.1) is 5.56 Å². The second-order valence-electron chi connectivity index (χ2n) is 5.71. The first kappa shape index (κ1) is 17.5. The van der Waals surface area contributed by atoms with Crippen molar-refractivity contribution in [2.24, 2.45) is 0 Å². The van der Waals surface area contributed by atoms with E-state index in [0.29, 0.717) is 23.6 Å². The van der Waals surface area contributed by atoms with Crippen molar-refractivity contribution >= 4 is 17.3 Å². The molecule has 2 aromatic carbocycles. The van der Waals surface area contributed by atoms with Crippen LogP contribution < -0.4 is 15.4 Å². The predicted molar refractivity (Wildman–Crippen MR) is 104 cm³/mol. The molecule has 0 unspecified atom stereocenters. The molecule has 1 amide bonds. The fourth-order valence-corrected chi connectivity index (χ4v) is 2.54. The minimum absolute atomic E-state index is 0.161. The number of amides is 1. The molecule has 0 aliphatic carbocycles.